The van der Waals surface area contributed by atoms with Crippen molar-refractivity contribution in [3.8, 4) is 0 Å². The predicted octanol–water partition coefficient (Wildman–Crippen LogP) is 0.681. The van der Waals surface area contributed by atoms with Crippen LogP contribution in [0.3, 0.4) is 0 Å². The molecule has 1 rings (SSSR count). The third-order valence-corrected chi connectivity index (χ3v) is 1.28. The molecule has 0 atom stereocenters. The molecule has 0 aliphatic carbocycles. The first-order chi connectivity index (χ1) is 7.08. The molecule has 0 amide bonds. The molecule has 0 bridgehead atoms. The fourth-order valence-corrected chi connectivity index (χ4v) is 0.839. The van der Waals surface area contributed by atoms with E-state index in [1.807, 2.05) is 0 Å². The maximum absolute atomic E-state index is 11.5. The van der Waals surface area contributed by atoms with Crippen LogP contribution in [0, 0.1) is 0 Å². The van der Waals surface area contributed by atoms with Crippen molar-refractivity contribution < 1.29 is 43.7 Å². The monoisotopic (exact) mass is 300 g/mol. The van der Waals surface area contributed by atoms with Crippen LogP contribution < -0.4 is 4.70 Å². The zero-order valence-electron chi connectivity index (χ0n) is 9.31. The molecule has 1 fully saturated rings. The van der Waals surface area contributed by atoms with Crippen molar-refractivity contribution >= 4 is 22.7 Å². The average molecular weight is 300 g/mol. The summed E-state index contributed by atoms with van der Waals surface area (Å²) in [5.74, 6) is 0. The number of hydrogen-bond acceptors (Lipinski definition) is 0. The van der Waals surface area contributed by atoms with Gasteiger partial charge in [0.1, 0.15) is 13.1 Å². The second-order valence-corrected chi connectivity index (χ2v) is 3.76. The summed E-state index contributed by atoms with van der Waals surface area (Å²) in [5, 5.41) is 0. The molecule has 0 spiro atoms. The Morgan fingerprint density at radius 3 is 1.47 bits per heavy atom. The molecule has 0 aromatic carbocycles. The molecule has 0 aromatic heterocycles. The minimum Gasteiger partial charge on any atom is -1.00 e. The van der Waals surface area contributed by atoms with Gasteiger partial charge in [-0.05, 0) is 0 Å². The first kappa shape index (κ1) is 21.8. The van der Waals surface area contributed by atoms with Gasteiger partial charge in [0.05, 0.1) is 0 Å². The van der Waals surface area contributed by atoms with E-state index in [1.54, 1.807) is 4.58 Å². The normalized spacial score (nSPS) is 16.1. The molecule has 0 saturated carbocycles. The SMILES string of the molecule is F.FC=[N+]1CCCC1.FP(F)(F)(F)F.[3H][B]F.[F-]. The summed E-state index contributed by atoms with van der Waals surface area (Å²) < 4.78 is 77.6. The molecule has 1 aliphatic rings. The first-order valence-corrected chi connectivity index (χ1v) is 5.36. The van der Waals surface area contributed by atoms with Crippen molar-refractivity contribution in [2.75, 3.05) is 13.1 Å². The minimum absolute atomic E-state index is 0. The Morgan fingerprint density at radius 1 is 1.12 bits per heavy atom. The second kappa shape index (κ2) is 10.7. The van der Waals surface area contributed by atoms with E-state index in [9.17, 15) is 29.7 Å². The molecular weight excluding hydrogens is 287 g/mol. The summed E-state index contributed by atoms with van der Waals surface area (Å²) in [5.41, 5.74) is 0. The standard InChI is InChI=1S/C5H9FN.BFH.F5P.2FH/c6-5-7-3-1-2-4-7;1-2;1-6(2,3,4)5;;/h5H,1-4H2;1H;;2*1H/q+1;;;;/p-1/i;1T;;;. The van der Waals surface area contributed by atoms with E-state index in [-0.39, 0.29) is 17.5 Å². The maximum atomic E-state index is 11.5. The Hall–Kier alpha value is -0.465. The summed E-state index contributed by atoms with van der Waals surface area (Å²) >= 11 is 0. The van der Waals surface area contributed by atoms with Gasteiger partial charge in [0.15, 0.2) is 0 Å². The van der Waals surface area contributed by atoms with Gasteiger partial charge in [-0.3, -0.25) is 4.70 Å². The number of halogens is 9. The van der Waals surface area contributed by atoms with Crippen molar-refractivity contribution in [2.45, 2.75) is 12.8 Å². The van der Waals surface area contributed by atoms with Crippen molar-refractivity contribution in [3.63, 3.8) is 0 Å². The van der Waals surface area contributed by atoms with E-state index >= 15 is 0 Å². The topological polar surface area (TPSA) is 3.01 Å². The maximum Gasteiger partial charge on any atom is 0.333 e. The van der Waals surface area contributed by atoms with Crippen molar-refractivity contribution in [3.05, 3.63) is 0 Å². The number of nitrogens with zero attached hydrogens (tertiary/aromatic N) is 1. The molecule has 107 valence electrons. The summed E-state index contributed by atoms with van der Waals surface area (Å²) in [4.78, 5) is 0. The van der Waals surface area contributed by atoms with E-state index < -0.39 is 8.16 Å². The van der Waals surface area contributed by atoms with Gasteiger partial charge in [-0.25, -0.2) is 4.58 Å². The van der Waals surface area contributed by atoms with Crippen molar-refractivity contribution in [2.24, 2.45) is 0 Å². The molecule has 12 heteroatoms. The molecule has 1 aliphatic heterocycles. The largest absolute Gasteiger partial charge is 1.00 e. The number of rotatable bonds is 0. The molecule has 0 aromatic rings. The summed E-state index contributed by atoms with van der Waals surface area (Å²) in [6.45, 7) is 2.50. The van der Waals surface area contributed by atoms with Crippen LogP contribution in [0.15, 0.2) is 0 Å². The zero-order valence-corrected chi connectivity index (χ0v) is 9.20. The third kappa shape index (κ3) is 39.1. The molecule has 1 saturated heterocycles. The van der Waals surface area contributed by atoms with Crippen LogP contribution in [-0.4, -0.2) is 33.6 Å². The third-order valence-electron chi connectivity index (χ3n) is 1.28. The quantitative estimate of drug-likeness (QED) is 0.268. The molecule has 0 N–H and O–H groups in total. The summed E-state index contributed by atoms with van der Waals surface area (Å²) in [6.07, 6.45) is 2.31. The van der Waals surface area contributed by atoms with Gasteiger partial charge >= 0.3 is 43.7 Å². The summed E-state index contributed by atoms with van der Waals surface area (Å²) in [6, 6.07) is 0. The van der Waals surface area contributed by atoms with Crippen LogP contribution in [-0.2, 0) is 0 Å². The minimum atomic E-state index is -8.55. The smallest absolute Gasteiger partial charge is 0.333 e. The van der Waals surface area contributed by atoms with Crippen LogP contribution in [0.25, 0.3) is 0 Å². The molecule has 0 unspecified atom stereocenters. The summed E-state index contributed by atoms with van der Waals surface area (Å²) in [7, 11) is -8.80. The zero-order chi connectivity index (χ0) is 13.3. The van der Waals surface area contributed by atoms with Crippen LogP contribution in [0.1, 0.15) is 12.8 Å². The van der Waals surface area contributed by atoms with E-state index in [4.69, 9.17) is 1.34 Å². The van der Waals surface area contributed by atoms with Gasteiger partial charge in [0.25, 0.3) is 0 Å². The van der Waals surface area contributed by atoms with Crippen LogP contribution in [0.4, 0.5) is 34.4 Å². The van der Waals surface area contributed by atoms with E-state index in [0.29, 0.717) is 6.47 Å². The molecular formula is C5H11BF9NP. The predicted molar refractivity (Wildman–Crippen MR) is 49.6 cm³/mol. The Kier molecular flexibility index (Phi) is 13.7. The molecule has 1 radical (unpaired) electrons. The number of hydrogen-bond donors (Lipinski definition) is 0. The van der Waals surface area contributed by atoms with Crippen LogP contribution in [0.5, 0.6) is 0 Å². The van der Waals surface area contributed by atoms with Crippen LogP contribution in [0.2, 0.25) is 0 Å². The van der Waals surface area contributed by atoms with E-state index in [0.717, 1.165) is 25.9 Å². The molecule has 17 heavy (non-hydrogen) atoms. The van der Waals surface area contributed by atoms with Gasteiger partial charge in [-0.15, -0.1) is 4.39 Å². The molecule has 1 nitrogen and oxygen atoms in total. The van der Waals surface area contributed by atoms with Gasteiger partial charge in [-0.1, -0.05) is 0 Å². The second-order valence-electron chi connectivity index (χ2n) is 2.48. The Morgan fingerprint density at radius 2 is 1.35 bits per heavy atom. The van der Waals surface area contributed by atoms with Gasteiger partial charge in [-0.2, -0.15) is 0 Å². The van der Waals surface area contributed by atoms with Crippen molar-refractivity contribution in [1.29, 1.82) is 1.34 Å². The van der Waals surface area contributed by atoms with Gasteiger partial charge < -0.3 is 9.02 Å². The fraction of sp³-hybridized carbons (Fsp3) is 0.800. The van der Waals surface area contributed by atoms with Crippen LogP contribution >= 0.6 is 8.16 Å². The van der Waals surface area contributed by atoms with E-state index in [1.165, 1.54) is 0 Å². The Labute approximate surface area is 94.8 Å². The van der Waals surface area contributed by atoms with Crippen molar-refractivity contribution in [1.82, 2.24) is 0 Å². The van der Waals surface area contributed by atoms with E-state index in [2.05, 4.69) is 0 Å². The van der Waals surface area contributed by atoms with Gasteiger partial charge in [0, 0.05) is 14.2 Å². The average Bonchev–Trinajstić information content (AvgIpc) is 2.52. The fourth-order valence-electron chi connectivity index (χ4n) is 0.839. The Bertz CT molecular complexity index is 196. The molecule has 1 heterocycles. The van der Waals surface area contributed by atoms with Gasteiger partial charge in [0.2, 0.25) is 0 Å². The first-order valence-electron chi connectivity index (χ1n) is 4.25. The Balaban J connectivity index is -0.0000000830.